The van der Waals surface area contributed by atoms with Crippen molar-refractivity contribution in [2.24, 2.45) is 0 Å². The van der Waals surface area contributed by atoms with Gasteiger partial charge in [0.05, 0.1) is 5.52 Å². The summed E-state index contributed by atoms with van der Waals surface area (Å²) >= 11 is 0. The van der Waals surface area contributed by atoms with Crippen molar-refractivity contribution in [2.75, 3.05) is 0 Å². The van der Waals surface area contributed by atoms with E-state index in [0.29, 0.717) is 0 Å². The molecular formula is C7H5NO2. The van der Waals surface area contributed by atoms with Crippen LogP contribution in [0.1, 0.15) is 0 Å². The van der Waals surface area contributed by atoms with Gasteiger partial charge in [0.15, 0.2) is 0 Å². The molecule has 2 heterocycles. The van der Waals surface area contributed by atoms with Gasteiger partial charge in [0.1, 0.15) is 6.26 Å². The smallest absolute Gasteiger partial charge is 0.283 e. The Labute approximate surface area is 56.5 Å². The van der Waals surface area contributed by atoms with Crippen molar-refractivity contribution in [3.63, 3.8) is 0 Å². The lowest BCUT2D eigenvalue weighted by molar-refractivity contribution is 0.366. The van der Waals surface area contributed by atoms with Crippen LogP contribution >= 0.6 is 0 Å². The zero-order valence-corrected chi connectivity index (χ0v) is 5.15. The standard InChI is InChI=1S/C7H5NO2/c9-7-3-1-2-6-4-5-10-8(6)7/h1-5H. The Kier molecular flexibility index (Phi) is 0.917. The average Bonchev–Trinajstić information content (AvgIpc) is 2.36. The monoisotopic (exact) mass is 135 g/mol. The van der Waals surface area contributed by atoms with Crippen LogP contribution in [-0.2, 0) is 0 Å². The molecule has 0 bridgehead atoms. The highest BCUT2D eigenvalue weighted by atomic mass is 16.5. The summed E-state index contributed by atoms with van der Waals surface area (Å²) in [4.78, 5) is 10.9. The van der Waals surface area contributed by atoms with E-state index in [2.05, 4.69) is 0 Å². The van der Waals surface area contributed by atoms with Crippen LogP contribution in [0.3, 0.4) is 0 Å². The maximum atomic E-state index is 10.9. The van der Waals surface area contributed by atoms with Crippen molar-refractivity contribution >= 4 is 5.52 Å². The largest absolute Gasteiger partial charge is 0.379 e. The van der Waals surface area contributed by atoms with Gasteiger partial charge in [-0.3, -0.25) is 4.79 Å². The molecule has 0 fully saturated rings. The second kappa shape index (κ2) is 1.73. The molecule has 10 heavy (non-hydrogen) atoms. The molecule has 0 aliphatic rings. The number of rotatable bonds is 0. The predicted molar refractivity (Wildman–Crippen MR) is 35.9 cm³/mol. The van der Waals surface area contributed by atoms with E-state index in [-0.39, 0.29) is 5.56 Å². The van der Waals surface area contributed by atoms with E-state index < -0.39 is 0 Å². The van der Waals surface area contributed by atoms with Crippen LogP contribution in [0.25, 0.3) is 5.52 Å². The first-order valence-electron chi connectivity index (χ1n) is 2.94. The van der Waals surface area contributed by atoms with Crippen LogP contribution < -0.4 is 5.56 Å². The van der Waals surface area contributed by atoms with E-state index in [1.54, 1.807) is 12.1 Å². The molecule has 0 aliphatic carbocycles. The van der Waals surface area contributed by atoms with Crippen molar-refractivity contribution in [3.8, 4) is 0 Å². The van der Waals surface area contributed by atoms with Crippen LogP contribution in [0.2, 0.25) is 0 Å². The molecule has 0 N–H and O–H groups in total. The van der Waals surface area contributed by atoms with E-state index in [0.717, 1.165) is 5.52 Å². The molecule has 0 unspecified atom stereocenters. The molecule has 50 valence electrons. The average molecular weight is 135 g/mol. The number of pyridine rings is 1. The van der Waals surface area contributed by atoms with Crippen LogP contribution in [-0.4, -0.2) is 4.57 Å². The lowest BCUT2D eigenvalue weighted by Gasteiger charge is -1.85. The zero-order valence-electron chi connectivity index (χ0n) is 5.15. The van der Waals surface area contributed by atoms with Crippen molar-refractivity contribution < 1.29 is 4.52 Å². The normalized spacial score (nSPS) is 10.4. The summed E-state index contributed by atoms with van der Waals surface area (Å²) in [5, 5.41) is 0. The summed E-state index contributed by atoms with van der Waals surface area (Å²) in [6, 6.07) is 6.70. The van der Waals surface area contributed by atoms with Gasteiger partial charge in [-0.05, 0) is 6.07 Å². The van der Waals surface area contributed by atoms with Gasteiger partial charge in [0, 0.05) is 12.1 Å². The highest BCUT2D eigenvalue weighted by Crippen LogP contribution is 1.97. The molecule has 0 saturated heterocycles. The van der Waals surface area contributed by atoms with E-state index in [4.69, 9.17) is 4.52 Å². The van der Waals surface area contributed by atoms with Crippen LogP contribution in [0.4, 0.5) is 0 Å². The van der Waals surface area contributed by atoms with Crippen molar-refractivity contribution in [2.45, 2.75) is 0 Å². The first-order chi connectivity index (χ1) is 4.88. The minimum atomic E-state index is -0.137. The minimum Gasteiger partial charge on any atom is -0.379 e. The summed E-state index contributed by atoms with van der Waals surface area (Å²) in [7, 11) is 0. The Bertz CT molecular complexity index is 399. The molecule has 2 rings (SSSR count). The zero-order chi connectivity index (χ0) is 6.97. The topological polar surface area (TPSA) is 34.6 Å². The first-order valence-corrected chi connectivity index (χ1v) is 2.94. The van der Waals surface area contributed by atoms with Gasteiger partial charge < -0.3 is 4.52 Å². The van der Waals surface area contributed by atoms with E-state index in [9.17, 15) is 4.79 Å². The third-order valence-electron chi connectivity index (χ3n) is 1.35. The molecule has 0 amide bonds. The number of fused-ring (bicyclic) bond motifs is 1. The lowest BCUT2D eigenvalue weighted by atomic mass is 10.4. The highest BCUT2D eigenvalue weighted by Gasteiger charge is 1.93. The molecule has 3 nitrogen and oxygen atoms in total. The molecule has 2 aromatic heterocycles. The molecule has 0 radical (unpaired) electrons. The minimum absolute atomic E-state index is 0.137. The second-order valence-corrected chi connectivity index (χ2v) is 1.99. The van der Waals surface area contributed by atoms with Crippen molar-refractivity contribution in [1.29, 1.82) is 0 Å². The first kappa shape index (κ1) is 5.29. The Balaban J connectivity index is 3.09. The summed E-state index contributed by atoms with van der Waals surface area (Å²) in [6.45, 7) is 0. The SMILES string of the molecule is O=c1cccc2ccon12. The van der Waals surface area contributed by atoms with Crippen molar-refractivity contribution in [3.05, 3.63) is 40.9 Å². The fourth-order valence-electron chi connectivity index (χ4n) is 0.889. The predicted octanol–water partition coefficient (Wildman–Crippen LogP) is 0.892. The fourth-order valence-corrected chi connectivity index (χ4v) is 0.889. The van der Waals surface area contributed by atoms with Gasteiger partial charge in [-0.2, -0.15) is 0 Å². The summed E-state index contributed by atoms with van der Waals surface area (Å²) < 4.78 is 6.09. The summed E-state index contributed by atoms with van der Waals surface area (Å²) in [5.41, 5.74) is 0.648. The number of hydrogen-bond acceptors (Lipinski definition) is 2. The van der Waals surface area contributed by atoms with Gasteiger partial charge in [-0.15, -0.1) is 4.57 Å². The quantitative estimate of drug-likeness (QED) is 0.537. The Hall–Kier alpha value is -1.51. The van der Waals surface area contributed by atoms with Crippen LogP contribution in [0, 0.1) is 0 Å². The molecule has 2 aromatic rings. The molecule has 0 atom stereocenters. The molecule has 0 aromatic carbocycles. The third-order valence-corrected chi connectivity index (χ3v) is 1.35. The number of hydrogen-bond donors (Lipinski definition) is 0. The number of aromatic nitrogens is 1. The number of nitrogens with zero attached hydrogens (tertiary/aromatic N) is 1. The van der Waals surface area contributed by atoms with Gasteiger partial charge >= 0.3 is 0 Å². The maximum Gasteiger partial charge on any atom is 0.283 e. The second-order valence-electron chi connectivity index (χ2n) is 1.99. The molecule has 0 saturated carbocycles. The van der Waals surface area contributed by atoms with Gasteiger partial charge in [0.2, 0.25) is 0 Å². The molecule has 0 aliphatic heterocycles. The van der Waals surface area contributed by atoms with E-state index >= 15 is 0 Å². The Morgan fingerprint density at radius 3 is 3.00 bits per heavy atom. The molecule has 3 heteroatoms. The van der Waals surface area contributed by atoms with Crippen molar-refractivity contribution in [1.82, 2.24) is 4.57 Å². The summed E-state index contributed by atoms with van der Waals surface area (Å²) in [5.74, 6) is 0. The van der Waals surface area contributed by atoms with E-state index in [1.807, 2.05) is 6.07 Å². The summed E-state index contributed by atoms with van der Waals surface area (Å²) in [6.07, 6.45) is 1.48. The van der Waals surface area contributed by atoms with Gasteiger partial charge in [0.25, 0.3) is 5.56 Å². The Morgan fingerprint density at radius 1 is 1.30 bits per heavy atom. The maximum absolute atomic E-state index is 10.9. The van der Waals surface area contributed by atoms with Crippen LogP contribution in [0.15, 0.2) is 39.8 Å². The highest BCUT2D eigenvalue weighted by molar-refractivity contribution is 5.43. The third kappa shape index (κ3) is 0.572. The Morgan fingerprint density at radius 2 is 2.20 bits per heavy atom. The van der Waals surface area contributed by atoms with Gasteiger partial charge in [-0.25, -0.2) is 0 Å². The van der Waals surface area contributed by atoms with E-state index in [1.165, 1.54) is 16.9 Å². The molecular weight excluding hydrogens is 130 g/mol. The lowest BCUT2D eigenvalue weighted by Crippen LogP contribution is -2.07. The fraction of sp³-hybridized carbons (Fsp3) is 0. The van der Waals surface area contributed by atoms with Gasteiger partial charge in [-0.1, -0.05) is 6.07 Å². The van der Waals surface area contributed by atoms with Crippen LogP contribution in [0.5, 0.6) is 0 Å². The molecule has 0 spiro atoms.